The monoisotopic (exact) mass is 433 g/mol. The zero-order valence-corrected chi connectivity index (χ0v) is 17.9. The number of para-hydroxylation sites is 2. The first-order chi connectivity index (χ1) is 13.9. The first kappa shape index (κ1) is 20.9. The summed E-state index contributed by atoms with van der Waals surface area (Å²) in [5.41, 5.74) is 2.07. The average molecular weight is 434 g/mol. The molecular formula is C19H20ClN5O3S. The van der Waals surface area contributed by atoms with Crippen molar-refractivity contribution in [3.05, 3.63) is 47.0 Å². The Hall–Kier alpha value is -2.78. The van der Waals surface area contributed by atoms with Crippen molar-refractivity contribution in [3.63, 3.8) is 0 Å². The molecule has 1 atom stereocenters. The number of rotatable bonds is 7. The molecule has 3 aromatic rings. The molecule has 10 heteroatoms. The van der Waals surface area contributed by atoms with E-state index in [4.69, 9.17) is 21.1 Å². The summed E-state index contributed by atoms with van der Waals surface area (Å²) in [6.07, 6.45) is 0. The molecule has 0 spiro atoms. The summed E-state index contributed by atoms with van der Waals surface area (Å²) in [5.74, 6) is 0.898. The lowest BCUT2D eigenvalue weighted by molar-refractivity contribution is -0.115. The Kier molecular flexibility index (Phi) is 6.60. The SMILES string of the molecule is COc1cc(Cl)c(C)cc1NC(=O)C(C)Sc1nnnn1-c1ccccc1OC. The number of nitrogens with zero attached hydrogens (tertiary/aromatic N) is 4. The topological polar surface area (TPSA) is 91.2 Å². The maximum atomic E-state index is 12.8. The van der Waals surface area contributed by atoms with Crippen molar-refractivity contribution in [1.29, 1.82) is 0 Å². The van der Waals surface area contributed by atoms with E-state index in [1.165, 1.54) is 18.9 Å². The van der Waals surface area contributed by atoms with E-state index in [-0.39, 0.29) is 5.91 Å². The number of carbonyl (C=O) groups is 1. The third-order valence-corrected chi connectivity index (χ3v) is 5.58. The zero-order valence-electron chi connectivity index (χ0n) is 16.3. The lowest BCUT2D eigenvalue weighted by Crippen LogP contribution is -2.23. The normalized spacial score (nSPS) is 11.8. The van der Waals surface area contributed by atoms with Gasteiger partial charge in [-0.1, -0.05) is 35.5 Å². The van der Waals surface area contributed by atoms with Gasteiger partial charge in [0.25, 0.3) is 0 Å². The van der Waals surface area contributed by atoms with E-state index in [0.29, 0.717) is 33.1 Å². The molecule has 1 unspecified atom stereocenters. The van der Waals surface area contributed by atoms with Crippen LogP contribution >= 0.6 is 23.4 Å². The first-order valence-corrected chi connectivity index (χ1v) is 9.93. The number of ether oxygens (including phenoxy) is 2. The minimum absolute atomic E-state index is 0.218. The van der Waals surface area contributed by atoms with Crippen molar-refractivity contribution in [2.45, 2.75) is 24.3 Å². The highest BCUT2D eigenvalue weighted by Crippen LogP contribution is 2.32. The number of halogens is 1. The molecule has 0 aliphatic heterocycles. The number of benzene rings is 2. The molecule has 0 fully saturated rings. The molecule has 1 heterocycles. The quantitative estimate of drug-likeness (QED) is 0.567. The number of aryl methyl sites for hydroxylation is 1. The number of anilines is 1. The van der Waals surface area contributed by atoms with Gasteiger partial charge >= 0.3 is 0 Å². The van der Waals surface area contributed by atoms with Crippen molar-refractivity contribution >= 4 is 35.0 Å². The van der Waals surface area contributed by atoms with Crippen molar-refractivity contribution in [1.82, 2.24) is 20.2 Å². The number of aromatic nitrogens is 4. The second kappa shape index (κ2) is 9.15. The van der Waals surface area contributed by atoms with Gasteiger partial charge in [-0.05, 0) is 48.0 Å². The lowest BCUT2D eigenvalue weighted by atomic mass is 10.2. The standard InChI is InChI=1S/C19H20ClN5O3S/c1-11-9-14(17(28-4)10-13(11)20)21-18(26)12(2)29-19-22-23-24-25(19)15-7-5-6-8-16(15)27-3/h5-10,12H,1-4H3,(H,21,26). The second-order valence-electron chi connectivity index (χ2n) is 6.10. The third-order valence-electron chi connectivity index (χ3n) is 4.14. The molecule has 1 aromatic heterocycles. The first-order valence-electron chi connectivity index (χ1n) is 8.68. The fourth-order valence-corrected chi connectivity index (χ4v) is 3.54. The molecule has 1 amide bonds. The Morgan fingerprint density at radius 1 is 1.21 bits per heavy atom. The molecule has 0 saturated heterocycles. The largest absolute Gasteiger partial charge is 0.495 e. The molecule has 0 aliphatic rings. The van der Waals surface area contributed by atoms with Gasteiger partial charge in [-0.2, -0.15) is 4.68 Å². The van der Waals surface area contributed by atoms with Crippen molar-refractivity contribution in [2.24, 2.45) is 0 Å². The van der Waals surface area contributed by atoms with E-state index in [1.807, 2.05) is 31.2 Å². The smallest absolute Gasteiger partial charge is 0.237 e. The lowest BCUT2D eigenvalue weighted by Gasteiger charge is -2.15. The highest BCUT2D eigenvalue weighted by Gasteiger charge is 2.21. The van der Waals surface area contributed by atoms with E-state index in [9.17, 15) is 4.79 Å². The van der Waals surface area contributed by atoms with Crippen molar-refractivity contribution in [2.75, 3.05) is 19.5 Å². The van der Waals surface area contributed by atoms with Crippen molar-refractivity contribution < 1.29 is 14.3 Å². The molecule has 0 aliphatic carbocycles. The van der Waals surface area contributed by atoms with Gasteiger partial charge in [0, 0.05) is 11.1 Å². The fourth-order valence-electron chi connectivity index (χ4n) is 2.58. The zero-order chi connectivity index (χ0) is 21.0. The number of amides is 1. The van der Waals surface area contributed by atoms with Gasteiger partial charge in [0.2, 0.25) is 11.1 Å². The van der Waals surface area contributed by atoms with E-state index >= 15 is 0 Å². The molecule has 152 valence electrons. The third kappa shape index (κ3) is 4.63. The Morgan fingerprint density at radius 2 is 1.93 bits per heavy atom. The van der Waals surface area contributed by atoms with E-state index in [0.717, 1.165) is 5.56 Å². The van der Waals surface area contributed by atoms with E-state index in [1.54, 1.807) is 30.8 Å². The Morgan fingerprint density at radius 3 is 2.66 bits per heavy atom. The van der Waals surface area contributed by atoms with Gasteiger partial charge < -0.3 is 14.8 Å². The summed E-state index contributed by atoms with van der Waals surface area (Å²) in [6, 6.07) is 10.8. The maximum absolute atomic E-state index is 12.8. The van der Waals surface area contributed by atoms with E-state index < -0.39 is 5.25 Å². The second-order valence-corrected chi connectivity index (χ2v) is 7.81. The van der Waals surface area contributed by atoms with Crippen LogP contribution in [0.15, 0.2) is 41.6 Å². The highest BCUT2D eigenvalue weighted by atomic mass is 35.5. The molecule has 2 aromatic carbocycles. The number of hydrogen-bond donors (Lipinski definition) is 1. The Bertz CT molecular complexity index is 1030. The average Bonchev–Trinajstić information content (AvgIpc) is 3.18. The summed E-state index contributed by atoms with van der Waals surface area (Å²) in [4.78, 5) is 12.8. The minimum Gasteiger partial charge on any atom is -0.495 e. The fraction of sp³-hybridized carbons (Fsp3) is 0.263. The summed E-state index contributed by atoms with van der Waals surface area (Å²) in [5, 5.41) is 15.2. The summed E-state index contributed by atoms with van der Waals surface area (Å²) < 4.78 is 12.2. The Labute approximate surface area is 177 Å². The molecule has 0 radical (unpaired) electrons. The number of carbonyl (C=O) groups excluding carboxylic acids is 1. The van der Waals surface area contributed by atoms with Crippen LogP contribution in [0.1, 0.15) is 12.5 Å². The van der Waals surface area contributed by atoms with Crippen LogP contribution in [-0.2, 0) is 4.79 Å². The number of thioether (sulfide) groups is 1. The molecule has 8 nitrogen and oxygen atoms in total. The van der Waals surface area contributed by atoms with Crippen LogP contribution in [0.2, 0.25) is 5.02 Å². The van der Waals surface area contributed by atoms with Crippen LogP contribution in [0.3, 0.4) is 0 Å². The van der Waals surface area contributed by atoms with Crippen LogP contribution in [0.25, 0.3) is 5.69 Å². The van der Waals surface area contributed by atoms with Crippen LogP contribution < -0.4 is 14.8 Å². The molecule has 3 rings (SSSR count). The molecule has 29 heavy (non-hydrogen) atoms. The summed E-state index contributed by atoms with van der Waals surface area (Å²) >= 11 is 7.36. The number of nitrogens with one attached hydrogen (secondary N) is 1. The number of methoxy groups -OCH3 is 2. The number of tetrazole rings is 1. The molecule has 0 bridgehead atoms. The predicted octanol–water partition coefficient (Wildman–Crippen LogP) is 3.76. The summed E-state index contributed by atoms with van der Waals surface area (Å²) in [6.45, 7) is 3.63. The van der Waals surface area contributed by atoms with Gasteiger partial charge in [0.05, 0.1) is 25.2 Å². The van der Waals surface area contributed by atoms with Gasteiger partial charge in [-0.3, -0.25) is 4.79 Å². The molecular weight excluding hydrogens is 414 g/mol. The van der Waals surface area contributed by atoms with Crippen LogP contribution in [0.5, 0.6) is 11.5 Å². The highest BCUT2D eigenvalue weighted by molar-refractivity contribution is 8.00. The number of hydrogen-bond acceptors (Lipinski definition) is 7. The Balaban J connectivity index is 1.78. The van der Waals surface area contributed by atoms with Gasteiger partial charge in [0.15, 0.2) is 0 Å². The minimum atomic E-state index is -0.477. The van der Waals surface area contributed by atoms with Crippen LogP contribution in [0, 0.1) is 6.92 Å². The predicted molar refractivity (Wildman–Crippen MR) is 112 cm³/mol. The van der Waals surface area contributed by atoms with Crippen LogP contribution in [0.4, 0.5) is 5.69 Å². The molecule has 0 saturated carbocycles. The van der Waals surface area contributed by atoms with Crippen LogP contribution in [-0.4, -0.2) is 45.6 Å². The van der Waals surface area contributed by atoms with Gasteiger partial charge in [-0.15, -0.1) is 5.10 Å². The summed E-state index contributed by atoms with van der Waals surface area (Å²) in [7, 11) is 3.10. The maximum Gasteiger partial charge on any atom is 0.237 e. The van der Waals surface area contributed by atoms with Crippen molar-refractivity contribution in [3.8, 4) is 17.2 Å². The molecule has 1 N–H and O–H groups in total. The van der Waals surface area contributed by atoms with E-state index in [2.05, 4.69) is 20.8 Å². The van der Waals surface area contributed by atoms with Gasteiger partial charge in [0.1, 0.15) is 17.2 Å². The van der Waals surface area contributed by atoms with Gasteiger partial charge in [-0.25, -0.2) is 0 Å².